The van der Waals surface area contributed by atoms with Gasteiger partial charge in [0.25, 0.3) is 11.8 Å². The molecule has 3 saturated heterocycles. The normalized spacial score (nSPS) is 22.0. The fraction of sp³-hybridized carbons (Fsp3) is 0.737. The maximum atomic E-state index is 14.6. The third-order valence-corrected chi connectivity index (χ3v) is 11.7. The summed E-state index contributed by atoms with van der Waals surface area (Å²) in [7, 11) is -1.76. The highest BCUT2D eigenvalue weighted by Gasteiger charge is 2.54. The molecule has 0 N–H and O–H groups in total. The zero-order valence-electron chi connectivity index (χ0n) is 33.0. The van der Waals surface area contributed by atoms with Crippen LogP contribution in [0.3, 0.4) is 0 Å². The minimum atomic E-state index is -3.81. The predicted octanol–water partition coefficient (Wildman–Crippen LogP) is 5.51. The van der Waals surface area contributed by atoms with Crippen LogP contribution in [-0.2, 0) is 44.1 Å². The molecule has 4 amide bonds. The second-order valence-corrected chi connectivity index (χ2v) is 17.8. The summed E-state index contributed by atoms with van der Waals surface area (Å²) < 4.78 is 30.2. The lowest BCUT2D eigenvalue weighted by Gasteiger charge is -2.55. The second-order valence-electron chi connectivity index (χ2n) is 15.7. The molecule has 1 unspecified atom stereocenters. The molecule has 1 aromatic carbocycles. The Hall–Kier alpha value is -3.03. The number of piperazine rings is 1. The van der Waals surface area contributed by atoms with Crippen molar-refractivity contribution in [2.45, 2.75) is 123 Å². The fourth-order valence-corrected chi connectivity index (χ4v) is 8.75. The van der Waals surface area contributed by atoms with E-state index in [2.05, 4.69) is 11.9 Å². The van der Waals surface area contributed by atoms with Gasteiger partial charge in [-0.2, -0.15) is 5.06 Å². The second kappa shape index (κ2) is 19.0. The van der Waals surface area contributed by atoms with E-state index in [1.807, 2.05) is 69.9 Å². The number of fused-ring (bicyclic) bond motifs is 1. The number of carbonyl (C=O) groups is 4. The molecule has 1 aromatic rings. The largest absolute Gasteiger partial charge is 0.444 e. The van der Waals surface area contributed by atoms with Crippen molar-refractivity contribution < 1.29 is 42.4 Å². The summed E-state index contributed by atoms with van der Waals surface area (Å²) in [6.07, 6.45) is 0.330. The molecule has 3 fully saturated rings. The average molecular weight is 764 g/mol. The quantitative estimate of drug-likeness (QED) is 0.157. The number of hydrogen-bond acceptors (Lipinski definition) is 10. The summed E-state index contributed by atoms with van der Waals surface area (Å²) in [4.78, 5) is 69.7. The van der Waals surface area contributed by atoms with Gasteiger partial charge < -0.3 is 33.4 Å². The summed E-state index contributed by atoms with van der Waals surface area (Å²) in [5.41, 5.74) is 0.300. The van der Waals surface area contributed by atoms with Crippen LogP contribution in [0.2, 0.25) is 0 Å². The Morgan fingerprint density at radius 2 is 1.64 bits per heavy atom. The number of ether oxygens (including phenoxy) is 1. The van der Waals surface area contributed by atoms with Crippen LogP contribution in [0.1, 0.15) is 92.6 Å². The van der Waals surface area contributed by atoms with E-state index in [9.17, 15) is 23.7 Å². The molecule has 298 valence electrons. The molecular formula is C38H62N5O9P. The molecule has 3 aliphatic rings. The summed E-state index contributed by atoms with van der Waals surface area (Å²) in [5, 5.41) is 1.17. The zero-order chi connectivity index (χ0) is 38.9. The maximum Gasteiger partial charge on any atom is 0.410 e. The first-order valence-corrected chi connectivity index (χ1v) is 21.0. The van der Waals surface area contributed by atoms with Crippen molar-refractivity contribution in [2.24, 2.45) is 5.92 Å². The van der Waals surface area contributed by atoms with Gasteiger partial charge >= 0.3 is 13.7 Å². The van der Waals surface area contributed by atoms with Gasteiger partial charge in [-0.25, -0.2) is 4.79 Å². The Morgan fingerprint density at radius 1 is 1.00 bits per heavy atom. The molecule has 0 aromatic heterocycles. The molecule has 15 heteroatoms. The Morgan fingerprint density at radius 3 is 2.23 bits per heavy atom. The van der Waals surface area contributed by atoms with Gasteiger partial charge in [-0.3, -0.25) is 23.8 Å². The van der Waals surface area contributed by atoms with Crippen molar-refractivity contribution in [1.82, 2.24) is 24.7 Å². The number of nitrogens with zero attached hydrogens (tertiary/aromatic N) is 5. The first-order chi connectivity index (χ1) is 25.1. The van der Waals surface area contributed by atoms with Gasteiger partial charge in [0.2, 0.25) is 5.91 Å². The van der Waals surface area contributed by atoms with Crippen LogP contribution in [0.15, 0.2) is 30.3 Å². The fourth-order valence-electron chi connectivity index (χ4n) is 7.24. The first-order valence-electron chi connectivity index (χ1n) is 19.3. The van der Waals surface area contributed by atoms with E-state index < -0.39 is 49.7 Å². The smallest absolute Gasteiger partial charge is 0.410 e. The van der Waals surface area contributed by atoms with Gasteiger partial charge in [-0.1, -0.05) is 44.2 Å². The number of benzene rings is 1. The molecule has 53 heavy (non-hydrogen) atoms. The number of carbonyl (C=O) groups excluding carboxylic acids is 4. The summed E-state index contributed by atoms with van der Waals surface area (Å²) in [6.45, 7) is 15.4. The first kappa shape index (κ1) is 42.7. The highest BCUT2D eigenvalue weighted by atomic mass is 31.2. The van der Waals surface area contributed by atoms with Crippen molar-refractivity contribution in [3.8, 4) is 0 Å². The molecular weight excluding hydrogens is 701 g/mol. The van der Waals surface area contributed by atoms with Crippen LogP contribution in [0, 0.1) is 5.92 Å². The third-order valence-electron chi connectivity index (χ3n) is 9.69. The summed E-state index contributed by atoms with van der Waals surface area (Å²) >= 11 is 0. The zero-order valence-corrected chi connectivity index (χ0v) is 33.9. The number of hydrogen-bond donors (Lipinski definition) is 0. The van der Waals surface area contributed by atoms with Gasteiger partial charge in [-0.05, 0) is 105 Å². The monoisotopic (exact) mass is 763 g/mol. The van der Waals surface area contributed by atoms with Gasteiger partial charge in [-0.15, -0.1) is 0 Å². The van der Waals surface area contributed by atoms with E-state index in [1.54, 1.807) is 23.6 Å². The molecule has 0 bridgehead atoms. The molecule has 0 aliphatic carbocycles. The Kier molecular flexibility index (Phi) is 15.3. The van der Waals surface area contributed by atoms with Gasteiger partial charge in [0.15, 0.2) is 12.3 Å². The number of hydroxylamine groups is 2. The SMILES string of the molecule is CCOP(=O)(CC(=O)N1O[C@H](CC(C)C)C(=O)N2C1CN(C1CCN(C)CC1)C(=O)[C@@H]2CCCCN(Cc1ccccc1)C(=O)OC(C)(C)C)OCC. The lowest BCUT2D eigenvalue weighted by Crippen LogP contribution is -2.74. The van der Waals surface area contributed by atoms with E-state index in [-0.39, 0.29) is 43.5 Å². The van der Waals surface area contributed by atoms with Crippen LogP contribution in [0.4, 0.5) is 4.79 Å². The topological polar surface area (TPSA) is 138 Å². The molecule has 0 spiro atoms. The van der Waals surface area contributed by atoms with E-state index in [0.29, 0.717) is 38.8 Å². The molecule has 3 heterocycles. The van der Waals surface area contributed by atoms with E-state index >= 15 is 0 Å². The highest BCUT2D eigenvalue weighted by molar-refractivity contribution is 7.54. The van der Waals surface area contributed by atoms with Crippen LogP contribution < -0.4 is 0 Å². The van der Waals surface area contributed by atoms with Gasteiger partial charge in [0, 0.05) is 19.1 Å². The van der Waals surface area contributed by atoms with Crippen molar-refractivity contribution in [3.63, 3.8) is 0 Å². The van der Waals surface area contributed by atoms with Crippen LogP contribution >= 0.6 is 7.60 Å². The van der Waals surface area contributed by atoms with Crippen molar-refractivity contribution in [3.05, 3.63) is 35.9 Å². The van der Waals surface area contributed by atoms with Gasteiger partial charge in [0.05, 0.1) is 19.8 Å². The molecule has 4 rings (SSSR count). The van der Waals surface area contributed by atoms with Crippen molar-refractivity contribution in [1.29, 1.82) is 0 Å². The van der Waals surface area contributed by atoms with Gasteiger partial charge in [0.1, 0.15) is 17.8 Å². The molecule has 3 aliphatic heterocycles. The molecule has 14 nitrogen and oxygen atoms in total. The standard InChI is InChI=1S/C38H62N5O9P/c1-9-49-53(48,50-10-2)27-34(44)43-33-26-41(30-19-22-39(8)23-20-30)35(45)31(42(33)36(46)32(52-43)24-28(3)4)18-14-15-21-40(37(47)51-38(5,6)7)25-29-16-12-11-13-17-29/h11-13,16-17,28,30-33H,9-10,14-15,18-27H2,1-8H3/t31-,32+,33?/m0/s1. The molecule has 0 saturated carbocycles. The minimum Gasteiger partial charge on any atom is -0.444 e. The van der Waals surface area contributed by atoms with Crippen LogP contribution in [0.5, 0.6) is 0 Å². The summed E-state index contributed by atoms with van der Waals surface area (Å²) in [6, 6.07) is 8.77. The number of amides is 4. The van der Waals surface area contributed by atoms with E-state index in [1.165, 1.54) is 5.06 Å². The number of likely N-dealkylation sites (tertiary alicyclic amines) is 1. The Labute approximate surface area is 315 Å². The maximum absolute atomic E-state index is 14.6. The third kappa shape index (κ3) is 11.7. The molecule has 0 radical (unpaired) electrons. The lowest BCUT2D eigenvalue weighted by molar-refractivity contribution is -0.276. The number of rotatable bonds is 16. The van der Waals surface area contributed by atoms with E-state index in [0.717, 1.165) is 31.5 Å². The minimum absolute atomic E-state index is 0.0496. The Balaban J connectivity index is 1.62. The van der Waals surface area contributed by atoms with E-state index in [4.69, 9.17) is 18.6 Å². The highest BCUT2D eigenvalue weighted by Crippen LogP contribution is 2.48. The van der Waals surface area contributed by atoms with Crippen LogP contribution in [0.25, 0.3) is 0 Å². The summed E-state index contributed by atoms with van der Waals surface area (Å²) in [5.74, 6) is -1.07. The van der Waals surface area contributed by atoms with Crippen molar-refractivity contribution in [2.75, 3.05) is 52.6 Å². The number of unbranched alkanes of at least 4 members (excludes halogenated alkanes) is 1. The average Bonchev–Trinajstić information content (AvgIpc) is 3.08. The van der Waals surface area contributed by atoms with Crippen molar-refractivity contribution >= 4 is 31.4 Å². The molecule has 3 atom stereocenters. The number of piperidine rings is 1. The Bertz CT molecular complexity index is 1420. The predicted molar refractivity (Wildman–Crippen MR) is 200 cm³/mol. The van der Waals surface area contributed by atoms with Crippen LogP contribution in [-0.4, -0.2) is 131 Å². The lowest BCUT2D eigenvalue weighted by atomic mass is 9.94.